The van der Waals surface area contributed by atoms with Crippen molar-refractivity contribution < 1.29 is 9.53 Å². The fraction of sp³-hybridized carbons (Fsp3) is 0.455. The number of rotatable bonds is 4. The molecule has 1 aliphatic heterocycles. The first-order valence-electron chi connectivity index (χ1n) is 10.2. The Morgan fingerprint density at radius 3 is 2.70 bits per heavy atom. The third-order valence-corrected chi connectivity index (χ3v) is 7.62. The molecular weight excluding hydrogens is 420 g/mol. The Balaban J connectivity index is 0.00000218. The van der Waals surface area contributed by atoms with Crippen molar-refractivity contribution in [2.24, 2.45) is 18.9 Å². The van der Waals surface area contributed by atoms with Crippen LogP contribution < -0.4 is 10.6 Å². The summed E-state index contributed by atoms with van der Waals surface area (Å²) in [6, 6.07) is 12.2. The molecule has 5 rings (SSSR count). The Morgan fingerprint density at radius 1 is 1.23 bits per heavy atom. The maximum absolute atomic E-state index is 13.1. The van der Waals surface area contributed by atoms with Gasteiger partial charge in [-0.05, 0) is 43.8 Å². The molecule has 0 bridgehead atoms. The monoisotopic (exact) mass is 446 g/mol. The number of fused-ring (bicyclic) bond motifs is 2. The third-order valence-electron chi connectivity index (χ3n) is 6.42. The van der Waals surface area contributed by atoms with Gasteiger partial charge in [0.15, 0.2) is 0 Å². The summed E-state index contributed by atoms with van der Waals surface area (Å²) in [6.07, 6.45) is 2.06. The summed E-state index contributed by atoms with van der Waals surface area (Å²) in [7, 11) is 3.69. The second-order valence-corrected chi connectivity index (χ2v) is 9.20. The molecule has 0 spiro atoms. The summed E-state index contributed by atoms with van der Waals surface area (Å²) in [4.78, 5) is 14.8. The number of aromatic nitrogens is 2. The molecule has 1 aliphatic carbocycles. The second kappa shape index (κ2) is 8.67. The maximum Gasteiger partial charge on any atom is 0.261 e. The van der Waals surface area contributed by atoms with Crippen molar-refractivity contribution in [2.75, 3.05) is 20.2 Å². The van der Waals surface area contributed by atoms with Crippen LogP contribution in [0, 0.1) is 11.8 Å². The normalized spacial score (nSPS) is 25.7. The Morgan fingerprint density at radius 2 is 1.97 bits per heavy atom. The molecule has 0 radical (unpaired) electrons. The molecule has 2 fully saturated rings. The zero-order valence-electron chi connectivity index (χ0n) is 17.1. The van der Waals surface area contributed by atoms with Crippen molar-refractivity contribution in [1.82, 2.24) is 20.4 Å². The van der Waals surface area contributed by atoms with Gasteiger partial charge in [0.05, 0.1) is 17.0 Å². The second-order valence-electron chi connectivity index (χ2n) is 8.17. The molecule has 160 valence electrons. The Labute approximate surface area is 186 Å². The molecule has 1 saturated carbocycles. The number of hydrogen-bond donors (Lipinski definition) is 2. The van der Waals surface area contributed by atoms with Crippen LogP contribution >= 0.6 is 23.7 Å². The lowest BCUT2D eigenvalue weighted by Crippen LogP contribution is -2.50. The number of aryl methyl sites for hydroxylation is 1. The van der Waals surface area contributed by atoms with E-state index >= 15 is 0 Å². The van der Waals surface area contributed by atoms with E-state index in [1.165, 1.54) is 11.3 Å². The highest BCUT2D eigenvalue weighted by Crippen LogP contribution is 2.36. The first-order valence-corrected chi connectivity index (χ1v) is 11.0. The quantitative estimate of drug-likeness (QED) is 0.644. The highest BCUT2D eigenvalue weighted by atomic mass is 35.5. The number of ether oxygens (including phenoxy) is 1. The van der Waals surface area contributed by atoms with E-state index in [4.69, 9.17) is 4.74 Å². The van der Waals surface area contributed by atoms with E-state index in [0.29, 0.717) is 11.8 Å². The summed E-state index contributed by atoms with van der Waals surface area (Å²) >= 11 is 1.50. The molecule has 30 heavy (non-hydrogen) atoms. The third kappa shape index (κ3) is 3.75. The molecule has 8 heteroatoms. The predicted molar refractivity (Wildman–Crippen MR) is 122 cm³/mol. The Kier molecular flexibility index (Phi) is 6.16. The van der Waals surface area contributed by atoms with E-state index in [2.05, 4.69) is 27.9 Å². The minimum absolute atomic E-state index is 0. The van der Waals surface area contributed by atoms with Crippen molar-refractivity contribution in [3.8, 4) is 11.3 Å². The number of hydrogen-bond acceptors (Lipinski definition) is 5. The lowest BCUT2D eigenvalue weighted by Gasteiger charge is -2.37. The first-order chi connectivity index (χ1) is 14.1. The van der Waals surface area contributed by atoms with E-state index in [1.807, 2.05) is 36.0 Å². The number of benzene rings is 1. The Bertz CT molecular complexity index is 1030. The minimum Gasteiger partial charge on any atom is -0.379 e. The van der Waals surface area contributed by atoms with Crippen LogP contribution in [-0.2, 0) is 11.8 Å². The van der Waals surface area contributed by atoms with Crippen molar-refractivity contribution >= 4 is 39.9 Å². The SMILES string of the molecule is CO[C@H]1C[C@@H]2CNC[C@@H]2C[C@@H]1NC(=O)c1cc2c(-c3ccccc3)nn(C)c2s1.Cl. The molecule has 2 aromatic heterocycles. The van der Waals surface area contributed by atoms with Crippen molar-refractivity contribution in [3.63, 3.8) is 0 Å². The topological polar surface area (TPSA) is 68.2 Å². The van der Waals surface area contributed by atoms with Gasteiger partial charge in [0.25, 0.3) is 5.91 Å². The molecule has 1 amide bonds. The van der Waals surface area contributed by atoms with Crippen LogP contribution in [0.4, 0.5) is 0 Å². The fourth-order valence-corrected chi connectivity index (χ4v) is 5.87. The summed E-state index contributed by atoms with van der Waals surface area (Å²) in [5.41, 5.74) is 1.99. The number of methoxy groups -OCH3 is 1. The maximum atomic E-state index is 13.1. The summed E-state index contributed by atoms with van der Waals surface area (Å²) in [5, 5.41) is 12.4. The van der Waals surface area contributed by atoms with E-state index in [9.17, 15) is 4.79 Å². The molecule has 2 aliphatic rings. The van der Waals surface area contributed by atoms with Gasteiger partial charge in [-0.25, -0.2) is 0 Å². The zero-order valence-corrected chi connectivity index (χ0v) is 18.8. The molecule has 4 atom stereocenters. The molecule has 3 heterocycles. The van der Waals surface area contributed by atoms with Gasteiger partial charge in [-0.3, -0.25) is 9.48 Å². The van der Waals surface area contributed by atoms with Gasteiger partial charge in [-0.2, -0.15) is 5.10 Å². The zero-order chi connectivity index (χ0) is 20.0. The lowest BCUT2D eigenvalue weighted by molar-refractivity contribution is 0.0126. The average molecular weight is 447 g/mol. The van der Waals surface area contributed by atoms with E-state index in [0.717, 1.165) is 52.3 Å². The van der Waals surface area contributed by atoms with Crippen LogP contribution in [0.3, 0.4) is 0 Å². The van der Waals surface area contributed by atoms with Crippen molar-refractivity contribution in [1.29, 1.82) is 0 Å². The molecular formula is C22H27ClN4O2S. The van der Waals surface area contributed by atoms with E-state index in [-0.39, 0.29) is 30.5 Å². The van der Waals surface area contributed by atoms with Gasteiger partial charge in [-0.1, -0.05) is 30.3 Å². The summed E-state index contributed by atoms with van der Waals surface area (Å²) in [6.45, 7) is 2.11. The average Bonchev–Trinajstić information content (AvgIpc) is 3.44. The summed E-state index contributed by atoms with van der Waals surface area (Å²) in [5.74, 6) is 1.28. The van der Waals surface area contributed by atoms with Gasteiger partial charge in [-0.15, -0.1) is 23.7 Å². The molecule has 0 unspecified atom stereocenters. The van der Waals surface area contributed by atoms with Gasteiger partial charge in [0.2, 0.25) is 0 Å². The molecule has 1 saturated heterocycles. The fourth-order valence-electron chi connectivity index (χ4n) is 4.89. The number of nitrogens with one attached hydrogen (secondary N) is 2. The van der Waals surface area contributed by atoms with Crippen molar-refractivity contribution in [3.05, 3.63) is 41.3 Å². The molecule has 3 aromatic rings. The smallest absolute Gasteiger partial charge is 0.261 e. The highest BCUT2D eigenvalue weighted by molar-refractivity contribution is 7.20. The van der Waals surface area contributed by atoms with E-state index < -0.39 is 0 Å². The Hall–Kier alpha value is -1.93. The number of carbonyl (C=O) groups is 1. The van der Waals surface area contributed by atoms with Crippen LogP contribution in [-0.4, -0.2) is 48.0 Å². The first kappa shape index (κ1) is 21.3. The van der Waals surface area contributed by atoms with Crippen LogP contribution in [0.15, 0.2) is 36.4 Å². The predicted octanol–water partition coefficient (Wildman–Crippen LogP) is 3.47. The van der Waals surface area contributed by atoms with Crippen LogP contribution in [0.1, 0.15) is 22.5 Å². The lowest BCUT2D eigenvalue weighted by atomic mass is 9.77. The molecule has 6 nitrogen and oxygen atoms in total. The standard InChI is InChI=1S/C22H26N4O2S.ClH/c1-26-22-16(20(25-26)13-6-4-3-5-7-13)10-19(29-22)21(27)24-17-8-14-11-23-12-15(14)9-18(17)28-2;/h3-7,10,14-15,17-18,23H,8-9,11-12H2,1-2H3,(H,24,27);1H/t14-,15+,17-,18-;/m0./s1. The van der Waals surface area contributed by atoms with Crippen LogP contribution in [0.2, 0.25) is 0 Å². The van der Waals surface area contributed by atoms with Gasteiger partial charge in [0, 0.05) is 25.1 Å². The summed E-state index contributed by atoms with van der Waals surface area (Å²) < 4.78 is 7.60. The number of amides is 1. The number of halogens is 1. The molecule has 2 N–H and O–H groups in total. The number of nitrogens with zero attached hydrogens (tertiary/aromatic N) is 2. The van der Waals surface area contributed by atoms with Crippen LogP contribution in [0.25, 0.3) is 21.5 Å². The van der Waals surface area contributed by atoms with Crippen molar-refractivity contribution in [2.45, 2.75) is 25.0 Å². The molecule has 1 aromatic carbocycles. The van der Waals surface area contributed by atoms with Gasteiger partial charge < -0.3 is 15.4 Å². The largest absolute Gasteiger partial charge is 0.379 e. The van der Waals surface area contributed by atoms with E-state index in [1.54, 1.807) is 7.11 Å². The van der Waals surface area contributed by atoms with Gasteiger partial charge in [0.1, 0.15) is 10.5 Å². The van der Waals surface area contributed by atoms with Gasteiger partial charge >= 0.3 is 0 Å². The number of carbonyl (C=O) groups excluding carboxylic acids is 1. The minimum atomic E-state index is -0.0123. The van der Waals surface area contributed by atoms with Crippen LogP contribution in [0.5, 0.6) is 0 Å². The highest BCUT2D eigenvalue weighted by Gasteiger charge is 2.40. The number of thiophene rings is 1.